The van der Waals surface area contributed by atoms with Crippen molar-refractivity contribution in [2.24, 2.45) is 11.8 Å². The lowest BCUT2D eigenvalue weighted by Crippen LogP contribution is -2.53. The van der Waals surface area contributed by atoms with E-state index in [1.165, 1.54) is 0 Å². The summed E-state index contributed by atoms with van der Waals surface area (Å²) in [6.07, 6.45) is 1.14. The van der Waals surface area contributed by atoms with Gasteiger partial charge in [0, 0.05) is 42.9 Å². The Balaban J connectivity index is 1.38. The predicted molar refractivity (Wildman–Crippen MR) is 105 cm³/mol. The number of hydrogen-bond acceptors (Lipinski definition) is 6. The van der Waals surface area contributed by atoms with E-state index in [4.69, 9.17) is 4.74 Å². The van der Waals surface area contributed by atoms with Crippen molar-refractivity contribution in [3.05, 3.63) is 36.0 Å². The van der Waals surface area contributed by atoms with Crippen LogP contribution in [0.1, 0.15) is 12.5 Å². The maximum Gasteiger partial charge on any atom is 0.251 e. The number of carbonyl (C=O) groups is 1. The van der Waals surface area contributed by atoms with Gasteiger partial charge in [0.2, 0.25) is 0 Å². The van der Waals surface area contributed by atoms with Crippen molar-refractivity contribution in [1.29, 1.82) is 5.26 Å². The molecule has 5 rings (SSSR count). The van der Waals surface area contributed by atoms with Gasteiger partial charge < -0.3 is 20.3 Å². The van der Waals surface area contributed by atoms with Gasteiger partial charge in [0.25, 0.3) is 5.91 Å². The molecule has 2 N–H and O–H groups in total. The summed E-state index contributed by atoms with van der Waals surface area (Å²) in [5.74, 6) is 1.14. The lowest BCUT2D eigenvalue weighted by Gasteiger charge is -2.38. The zero-order chi connectivity index (χ0) is 19.3. The average molecular weight is 377 g/mol. The Morgan fingerprint density at radius 3 is 2.93 bits per heavy atom. The number of carbonyl (C=O) groups excluding carboxylic acids is 1. The highest BCUT2D eigenvalue weighted by Crippen LogP contribution is 2.41. The van der Waals surface area contributed by atoms with Crippen molar-refractivity contribution >= 4 is 22.5 Å². The van der Waals surface area contributed by atoms with E-state index in [9.17, 15) is 10.1 Å². The number of amides is 1. The number of hydrogen-bond donors (Lipinski definition) is 2. The normalized spacial score (nSPS) is 31.3. The summed E-state index contributed by atoms with van der Waals surface area (Å²) in [7, 11) is 0. The summed E-state index contributed by atoms with van der Waals surface area (Å²) in [5.41, 5.74) is 2.24. The van der Waals surface area contributed by atoms with Gasteiger partial charge in [0.15, 0.2) is 6.10 Å². The van der Waals surface area contributed by atoms with Gasteiger partial charge in [0.1, 0.15) is 6.07 Å². The maximum absolute atomic E-state index is 12.8. The van der Waals surface area contributed by atoms with Crippen LogP contribution in [0.15, 0.2) is 30.5 Å². The zero-order valence-electron chi connectivity index (χ0n) is 15.8. The molecule has 1 aromatic carbocycles. The first-order valence-electron chi connectivity index (χ1n) is 9.85. The van der Waals surface area contributed by atoms with Gasteiger partial charge in [-0.3, -0.25) is 9.78 Å². The molecule has 1 aliphatic carbocycles. The Bertz CT molecular complexity index is 961. The molecule has 3 fully saturated rings. The van der Waals surface area contributed by atoms with Gasteiger partial charge in [-0.1, -0.05) is 0 Å². The van der Waals surface area contributed by atoms with Gasteiger partial charge in [-0.05, 0) is 43.0 Å². The van der Waals surface area contributed by atoms with Crippen LogP contribution in [-0.2, 0) is 9.53 Å². The number of morpholine rings is 1. The van der Waals surface area contributed by atoms with Crippen molar-refractivity contribution in [3.63, 3.8) is 0 Å². The van der Waals surface area contributed by atoms with E-state index in [1.54, 1.807) is 12.3 Å². The van der Waals surface area contributed by atoms with E-state index in [0.29, 0.717) is 42.0 Å². The van der Waals surface area contributed by atoms with Crippen molar-refractivity contribution in [1.82, 2.24) is 15.6 Å². The Morgan fingerprint density at radius 1 is 1.32 bits per heavy atom. The van der Waals surface area contributed by atoms with Crippen LogP contribution in [0.2, 0.25) is 0 Å². The zero-order valence-corrected chi connectivity index (χ0v) is 15.8. The number of nitriles is 1. The number of rotatable bonds is 3. The van der Waals surface area contributed by atoms with Crippen LogP contribution < -0.4 is 15.5 Å². The number of nitrogens with one attached hydrogen (secondary N) is 2. The number of aromatic nitrogens is 1. The molecule has 2 saturated heterocycles. The molecule has 0 bridgehead atoms. The van der Waals surface area contributed by atoms with E-state index in [0.717, 1.165) is 24.2 Å². The second-order valence-corrected chi connectivity index (χ2v) is 8.00. The number of nitrogens with zero attached hydrogens (tertiary/aromatic N) is 3. The number of pyridine rings is 1. The van der Waals surface area contributed by atoms with Gasteiger partial charge in [0.05, 0.1) is 23.7 Å². The van der Waals surface area contributed by atoms with Gasteiger partial charge in [-0.15, -0.1) is 0 Å². The van der Waals surface area contributed by atoms with Crippen molar-refractivity contribution in [2.45, 2.75) is 25.2 Å². The van der Waals surface area contributed by atoms with Gasteiger partial charge in [-0.25, -0.2) is 0 Å². The van der Waals surface area contributed by atoms with E-state index in [-0.39, 0.29) is 12.0 Å². The SMILES string of the molecule is C[C@@H]1CN(c2ccc(C#N)c3ncccc23)C[C@H](C(=O)NC2[C@H]3CNC[C@@H]23)O1. The van der Waals surface area contributed by atoms with Crippen molar-refractivity contribution in [3.8, 4) is 6.07 Å². The molecule has 5 atom stereocenters. The van der Waals surface area contributed by atoms with E-state index in [2.05, 4.69) is 26.6 Å². The minimum atomic E-state index is -0.500. The molecular weight excluding hydrogens is 354 g/mol. The number of benzene rings is 1. The smallest absolute Gasteiger partial charge is 0.251 e. The second kappa shape index (κ2) is 6.73. The molecule has 2 aromatic rings. The fourth-order valence-electron chi connectivity index (χ4n) is 4.71. The Labute approximate surface area is 163 Å². The Hall–Kier alpha value is -2.69. The molecule has 28 heavy (non-hydrogen) atoms. The Morgan fingerprint density at radius 2 is 2.14 bits per heavy atom. The van der Waals surface area contributed by atoms with Crippen molar-refractivity contribution < 1.29 is 9.53 Å². The highest BCUT2D eigenvalue weighted by atomic mass is 16.5. The summed E-state index contributed by atoms with van der Waals surface area (Å²) in [6, 6.07) is 10.1. The van der Waals surface area contributed by atoms with Gasteiger partial charge >= 0.3 is 0 Å². The van der Waals surface area contributed by atoms with E-state index >= 15 is 0 Å². The third kappa shape index (κ3) is 2.89. The van der Waals surface area contributed by atoms with Crippen LogP contribution in [0.3, 0.4) is 0 Å². The monoisotopic (exact) mass is 377 g/mol. The van der Waals surface area contributed by atoms with Crippen molar-refractivity contribution in [2.75, 3.05) is 31.1 Å². The molecule has 3 heterocycles. The quantitative estimate of drug-likeness (QED) is 0.831. The van der Waals surface area contributed by atoms with E-state index in [1.807, 2.05) is 25.1 Å². The highest BCUT2D eigenvalue weighted by molar-refractivity contribution is 5.95. The molecule has 7 nitrogen and oxygen atoms in total. The third-order valence-corrected chi connectivity index (χ3v) is 6.16. The van der Waals surface area contributed by atoms with Gasteiger partial charge in [-0.2, -0.15) is 5.26 Å². The lowest BCUT2D eigenvalue weighted by atomic mass is 10.1. The molecule has 3 aliphatic rings. The predicted octanol–water partition coefficient (Wildman–Crippen LogP) is 1.03. The maximum atomic E-state index is 12.8. The minimum Gasteiger partial charge on any atom is -0.365 e. The summed E-state index contributed by atoms with van der Waals surface area (Å²) >= 11 is 0. The summed E-state index contributed by atoms with van der Waals surface area (Å²) in [6.45, 7) is 5.17. The molecule has 1 aromatic heterocycles. The molecule has 0 radical (unpaired) electrons. The largest absolute Gasteiger partial charge is 0.365 e. The molecule has 2 aliphatic heterocycles. The second-order valence-electron chi connectivity index (χ2n) is 8.00. The van der Waals surface area contributed by atoms with Crippen LogP contribution in [-0.4, -0.2) is 55.3 Å². The molecule has 144 valence electrons. The molecular formula is C21H23N5O2. The summed E-state index contributed by atoms with van der Waals surface area (Å²) in [4.78, 5) is 19.4. The van der Waals surface area contributed by atoms with Crippen LogP contribution in [0.4, 0.5) is 5.69 Å². The number of piperidine rings is 1. The van der Waals surface area contributed by atoms with E-state index < -0.39 is 6.10 Å². The standard InChI is InChI=1S/C21H23N5O2/c1-12-10-26(17-5-4-13(7-22)19-14(17)3-2-6-24-19)11-18(28-12)21(27)25-20-15-8-23-9-16(15)20/h2-6,12,15-16,18,20,23H,8-11H2,1H3,(H,25,27)/t12-,15-,16+,18-,20?/m1/s1. The van der Waals surface area contributed by atoms with Crippen LogP contribution in [0.25, 0.3) is 10.9 Å². The van der Waals surface area contributed by atoms with Crippen LogP contribution in [0, 0.1) is 23.2 Å². The highest BCUT2D eigenvalue weighted by Gasteiger charge is 2.54. The molecule has 7 heteroatoms. The fourth-order valence-corrected chi connectivity index (χ4v) is 4.71. The summed E-state index contributed by atoms with van der Waals surface area (Å²) < 4.78 is 5.97. The topological polar surface area (TPSA) is 90.3 Å². The molecule has 1 unspecified atom stereocenters. The number of anilines is 1. The number of fused-ring (bicyclic) bond motifs is 2. The fraction of sp³-hybridized carbons (Fsp3) is 0.476. The van der Waals surface area contributed by atoms with Crippen LogP contribution in [0.5, 0.6) is 0 Å². The van der Waals surface area contributed by atoms with Crippen LogP contribution >= 0.6 is 0 Å². The summed E-state index contributed by atoms with van der Waals surface area (Å²) in [5, 5.41) is 16.8. The number of ether oxygens (including phenoxy) is 1. The first kappa shape index (κ1) is 17.4. The third-order valence-electron chi connectivity index (χ3n) is 6.16. The molecule has 0 spiro atoms. The Kier molecular flexibility index (Phi) is 4.18. The first-order valence-corrected chi connectivity index (χ1v) is 9.85. The lowest BCUT2D eigenvalue weighted by molar-refractivity contribution is -0.137. The minimum absolute atomic E-state index is 0.0213. The molecule has 1 amide bonds. The average Bonchev–Trinajstić information content (AvgIpc) is 3.12. The first-order chi connectivity index (χ1) is 13.7. The molecule has 1 saturated carbocycles.